The summed E-state index contributed by atoms with van der Waals surface area (Å²) in [7, 11) is 1.80. The summed E-state index contributed by atoms with van der Waals surface area (Å²) in [6.45, 7) is 4.04. The molecule has 1 heterocycles. The van der Waals surface area contributed by atoms with Gasteiger partial charge < -0.3 is 10.0 Å². The highest BCUT2D eigenvalue weighted by Crippen LogP contribution is 2.30. The Morgan fingerprint density at radius 3 is 2.50 bits per heavy atom. The topological polar surface area (TPSA) is 40.5 Å². The largest absolute Gasteiger partial charge is 0.386 e. The quantitative estimate of drug-likeness (QED) is 0.759. The summed E-state index contributed by atoms with van der Waals surface area (Å²) in [5.74, 6) is -0.0197. The lowest BCUT2D eigenvalue weighted by Crippen LogP contribution is -2.41. The summed E-state index contributed by atoms with van der Waals surface area (Å²) in [6, 6.07) is 13.3. The zero-order chi connectivity index (χ0) is 17.5. The minimum atomic E-state index is -0.685. The first kappa shape index (κ1) is 18.7. The molecule has 0 radical (unpaired) electrons. The van der Waals surface area contributed by atoms with Crippen LogP contribution in [0.15, 0.2) is 47.8 Å². The maximum Gasteiger partial charge on any atom is 0.231 e. The van der Waals surface area contributed by atoms with Crippen LogP contribution in [0.2, 0.25) is 0 Å². The van der Waals surface area contributed by atoms with Crippen molar-refractivity contribution in [2.24, 2.45) is 0 Å². The van der Waals surface area contributed by atoms with Gasteiger partial charge in [-0.15, -0.1) is 11.3 Å². The van der Waals surface area contributed by atoms with Crippen molar-refractivity contribution >= 4 is 17.2 Å². The minimum absolute atomic E-state index is 0.0911. The van der Waals surface area contributed by atoms with E-state index in [4.69, 9.17) is 0 Å². The number of likely N-dealkylation sites (N-methyl/N-ethyl adjacent to an activating group) is 1. The normalized spacial score (nSPS) is 14.8. The summed E-state index contributed by atoms with van der Waals surface area (Å²) in [5, 5.41) is 12.6. The molecule has 1 aromatic carbocycles. The van der Waals surface area contributed by atoms with Crippen LogP contribution in [0.1, 0.15) is 55.6 Å². The van der Waals surface area contributed by atoms with Crippen LogP contribution in [0.25, 0.3) is 0 Å². The van der Waals surface area contributed by atoms with Crippen LogP contribution in [-0.2, 0) is 4.79 Å². The zero-order valence-electron chi connectivity index (χ0n) is 14.7. The summed E-state index contributed by atoms with van der Waals surface area (Å²) in [4.78, 5) is 15.9. The number of aliphatic hydroxyl groups is 1. The third-order valence-electron chi connectivity index (χ3n) is 4.59. The van der Waals surface area contributed by atoms with E-state index in [0.29, 0.717) is 0 Å². The lowest BCUT2D eigenvalue weighted by atomic mass is 9.96. The first-order valence-electron chi connectivity index (χ1n) is 8.59. The molecule has 0 fully saturated rings. The molecular formula is C20H27NO2S. The second-order valence-corrected chi connectivity index (χ2v) is 7.23. The van der Waals surface area contributed by atoms with Gasteiger partial charge in [-0.25, -0.2) is 0 Å². The van der Waals surface area contributed by atoms with Gasteiger partial charge in [0.25, 0.3) is 0 Å². The van der Waals surface area contributed by atoms with Gasteiger partial charge in [0.1, 0.15) is 0 Å². The van der Waals surface area contributed by atoms with E-state index in [2.05, 4.69) is 6.92 Å². The monoisotopic (exact) mass is 345 g/mol. The molecule has 0 aliphatic rings. The van der Waals surface area contributed by atoms with Crippen molar-refractivity contribution in [3.05, 3.63) is 58.3 Å². The molecule has 1 N–H and O–H groups in total. The third-order valence-corrected chi connectivity index (χ3v) is 5.57. The number of unbranched alkanes of at least 4 members (excludes halogenated alkanes) is 1. The fraction of sp³-hybridized carbons (Fsp3) is 0.450. The molecular weight excluding hydrogens is 318 g/mol. The van der Waals surface area contributed by atoms with Crippen LogP contribution in [0, 0.1) is 0 Å². The lowest BCUT2D eigenvalue weighted by Gasteiger charge is -2.32. The van der Waals surface area contributed by atoms with Crippen LogP contribution >= 0.6 is 11.3 Å². The fourth-order valence-electron chi connectivity index (χ4n) is 2.87. The Morgan fingerprint density at radius 2 is 1.92 bits per heavy atom. The molecule has 0 unspecified atom stereocenters. The Labute approximate surface area is 148 Å². The lowest BCUT2D eigenvalue weighted by molar-refractivity contribution is -0.135. The summed E-state index contributed by atoms with van der Waals surface area (Å²) in [6.07, 6.45) is 2.27. The van der Waals surface area contributed by atoms with Crippen LogP contribution in [0.5, 0.6) is 0 Å². The maximum absolute atomic E-state index is 13.0. The number of thiophene rings is 1. The van der Waals surface area contributed by atoms with Gasteiger partial charge in [0.2, 0.25) is 5.91 Å². The Hall–Kier alpha value is -1.65. The van der Waals surface area contributed by atoms with Gasteiger partial charge in [0.15, 0.2) is 0 Å². The number of nitrogens with zero attached hydrogens (tertiary/aromatic N) is 1. The molecule has 0 aliphatic carbocycles. The van der Waals surface area contributed by atoms with Crippen molar-refractivity contribution in [3.8, 4) is 0 Å². The second-order valence-electron chi connectivity index (χ2n) is 6.26. The first-order valence-corrected chi connectivity index (χ1v) is 9.47. The number of rotatable bonds is 8. The predicted octanol–water partition coefficient (Wildman–Crippen LogP) is 4.60. The van der Waals surface area contributed by atoms with Crippen molar-refractivity contribution in [1.29, 1.82) is 0 Å². The standard InChI is InChI=1S/C20H27NO2S/c1-4-5-12-17(18-13-9-14-24-18)20(23)21(3)15(2)19(22)16-10-7-6-8-11-16/h6-11,13-15,17,19,22H,4-5,12H2,1-3H3/t15-,17-,19+/m0/s1. The zero-order valence-corrected chi connectivity index (χ0v) is 15.5. The van der Waals surface area contributed by atoms with Crippen molar-refractivity contribution in [2.45, 2.75) is 51.2 Å². The summed E-state index contributed by atoms with van der Waals surface area (Å²) >= 11 is 1.63. The smallest absolute Gasteiger partial charge is 0.231 e. The SMILES string of the molecule is CCCC[C@H](C(=O)N(C)[C@@H](C)[C@@H](O)c1ccccc1)c1cccs1. The number of carbonyl (C=O) groups excluding carboxylic acids is 1. The van der Waals surface area contributed by atoms with E-state index < -0.39 is 6.10 Å². The van der Waals surface area contributed by atoms with Gasteiger partial charge in [-0.3, -0.25) is 4.79 Å². The van der Waals surface area contributed by atoms with Crippen molar-refractivity contribution in [3.63, 3.8) is 0 Å². The maximum atomic E-state index is 13.0. The van der Waals surface area contributed by atoms with Gasteiger partial charge in [0.05, 0.1) is 18.1 Å². The van der Waals surface area contributed by atoms with Gasteiger partial charge in [0, 0.05) is 11.9 Å². The molecule has 2 rings (SSSR count). The Bertz CT molecular complexity index is 612. The van der Waals surface area contributed by atoms with Gasteiger partial charge in [-0.05, 0) is 30.4 Å². The number of benzene rings is 1. The molecule has 0 saturated heterocycles. The molecule has 0 spiro atoms. The van der Waals surface area contributed by atoms with Gasteiger partial charge >= 0.3 is 0 Å². The highest BCUT2D eigenvalue weighted by molar-refractivity contribution is 7.10. The van der Waals surface area contributed by atoms with E-state index in [1.54, 1.807) is 23.3 Å². The first-order chi connectivity index (χ1) is 11.6. The van der Waals surface area contributed by atoms with E-state index in [9.17, 15) is 9.90 Å². The van der Waals surface area contributed by atoms with Crippen molar-refractivity contribution < 1.29 is 9.90 Å². The molecule has 24 heavy (non-hydrogen) atoms. The van der Waals surface area contributed by atoms with Crippen LogP contribution in [0.4, 0.5) is 0 Å². The van der Waals surface area contributed by atoms with E-state index in [1.807, 2.05) is 54.8 Å². The van der Waals surface area contributed by atoms with Crippen LogP contribution < -0.4 is 0 Å². The van der Waals surface area contributed by atoms with Crippen molar-refractivity contribution in [1.82, 2.24) is 4.90 Å². The third kappa shape index (κ3) is 4.46. The van der Waals surface area contributed by atoms with E-state index >= 15 is 0 Å². The molecule has 1 aromatic heterocycles. The summed E-state index contributed by atoms with van der Waals surface area (Å²) in [5.41, 5.74) is 0.839. The Balaban J connectivity index is 2.13. The predicted molar refractivity (Wildman–Crippen MR) is 100 cm³/mol. The molecule has 3 nitrogen and oxygen atoms in total. The molecule has 3 atom stereocenters. The average Bonchev–Trinajstić information content (AvgIpc) is 3.15. The molecule has 0 saturated carbocycles. The van der Waals surface area contributed by atoms with Crippen molar-refractivity contribution in [2.75, 3.05) is 7.05 Å². The van der Waals surface area contributed by atoms with E-state index in [-0.39, 0.29) is 17.9 Å². The molecule has 1 amide bonds. The summed E-state index contributed by atoms with van der Waals surface area (Å²) < 4.78 is 0. The Kier molecular flexibility index (Phi) is 7.00. The Morgan fingerprint density at radius 1 is 1.21 bits per heavy atom. The van der Waals surface area contributed by atoms with E-state index in [0.717, 1.165) is 29.7 Å². The van der Waals surface area contributed by atoms with E-state index in [1.165, 1.54) is 0 Å². The molecule has 0 bridgehead atoms. The van der Waals surface area contributed by atoms with Crippen LogP contribution in [0.3, 0.4) is 0 Å². The number of carbonyl (C=O) groups is 1. The molecule has 4 heteroatoms. The molecule has 0 aliphatic heterocycles. The minimum Gasteiger partial charge on any atom is -0.386 e. The highest BCUT2D eigenvalue weighted by Gasteiger charge is 2.30. The number of amides is 1. The van der Waals surface area contributed by atoms with Gasteiger partial charge in [-0.2, -0.15) is 0 Å². The number of hydrogen-bond acceptors (Lipinski definition) is 3. The number of hydrogen-bond donors (Lipinski definition) is 1. The molecule has 130 valence electrons. The number of aliphatic hydroxyl groups excluding tert-OH is 1. The molecule has 2 aromatic rings. The fourth-order valence-corrected chi connectivity index (χ4v) is 3.73. The highest BCUT2D eigenvalue weighted by atomic mass is 32.1. The van der Waals surface area contributed by atoms with Gasteiger partial charge in [-0.1, -0.05) is 56.2 Å². The van der Waals surface area contributed by atoms with Crippen LogP contribution in [-0.4, -0.2) is 29.0 Å². The average molecular weight is 346 g/mol. The second kappa shape index (κ2) is 9.00.